The Morgan fingerprint density at radius 2 is 2.14 bits per heavy atom. The van der Waals surface area contributed by atoms with Crippen molar-refractivity contribution >= 4 is 17.9 Å². The summed E-state index contributed by atoms with van der Waals surface area (Å²) in [4.78, 5) is 10.7. The minimum atomic E-state index is -4.36. The summed E-state index contributed by atoms with van der Waals surface area (Å²) in [7, 11) is 0. The highest BCUT2D eigenvalue weighted by molar-refractivity contribution is 7.98. The van der Waals surface area contributed by atoms with E-state index in [0.717, 1.165) is 17.9 Å². The average molecular weight is 336 g/mol. The second-order valence-electron chi connectivity index (χ2n) is 4.76. The van der Waals surface area contributed by atoms with Gasteiger partial charge in [-0.05, 0) is 30.1 Å². The Bertz CT molecular complexity index is 483. The summed E-state index contributed by atoms with van der Waals surface area (Å²) in [6, 6.07) is 4.81. The molecule has 0 aromatic heterocycles. The number of hydrogen-bond donors (Lipinski definition) is 3. The van der Waals surface area contributed by atoms with Gasteiger partial charge in [0, 0.05) is 19.1 Å². The lowest BCUT2D eigenvalue weighted by atomic mass is 10.1. The maximum atomic E-state index is 12.6. The fourth-order valence-electron chi connectivity index (χ4n) is 1.91. The largest absolute Gasteiger partial charge is 0.465 e. The number of carboxylic acid groups (broad SMARTS) is 1. The predicted molar refractivity (Wildman–Crippen MR) is 81.1 cm³/mol. The van der Waals surface area contributed by atoms with Crippen molar-refractivity contribution in [3.05, 3.63) is 35.4 Å². The van der Waals surface area contributed by atoms with Crippen molar-refractivity contribution < 1.29 is 23.1 Å². The third-order valence-corrected chi connectivity index (χ3v) is 3.62. The first-order valence-corrected chi connectivity index (χ1v) is 8.07. The van der Waals surface area contributed by atoms with Crippen LogP contribution in [0.1, 0.15) is 17.5 Å². The molecule has 3 N–H and O–H groups in total. The molecule has 0 saturated heterocycles. The zero-order chi connectivity index (χ0) is 16.6. The Labute approximate surface area is 131 Å². The highest BCUT2D eigenvalue weighted by atomic mass is 32.2. The fraction of sp³-hybridized carbons (Fsp3) is 0.500. The van der Waals surface area contributed by atoms with Crippen molar-refractivity contribution in [2.24, 2.45) is 0 Å². The lowest BCUT2D eigenvalue weighted by Crippen LogP contribution is -2.41. The highest BCUT2D eigenvalue weighted by Crippen LogP contribution is 2.29. The highest BCUT2D eigenvalue weighted by Gasteiger charge is 2.30. The molecule has 1 aromatic rings. The maximum absolute atomic E-state index is 12.6. The summed E-state index contributed by atoms with van der Waals surface area (Å²) < 4.78 is 37.8. The van der Waals surface area contributed by atoms with Gasteiger partial charge in [0.1, 0.15) is 0 Å². The van der Waals surface area contributed by atoms with Crippen LogP contribution in [0.25, 0.3) is 0 Å². The van der Waals surface area contributed by atoms with E-state index in [9.17, 15) is 18.0 Å². The Kier molecular flexibility index (Phi) is 7.53. The number of halogens is 3. The van der Waals surface area contributed by atoms with E-state index in [1.165, 1.54) is 6.07 Å². The topological polar surface area (TPSA) is 61.4 Å². The molecule has 124 valence electrons. The van der Waals surface area contributed by atoms with Crippen LogP contribution in [-0.4, -0.2) is 35.8 Å². The molecule has 0 spiro atoms. The summed E-state index contributed by atoms with van der Waals surface area (Å²) >= 11 is 1.61. The molecule has 0 radical (unpaired) electrons. The van der Waals surface area contributed by atoms with Crippen LogP contribution in [0, 0.1) is 0 Å². The SMILES string of the molecule is CSCC[C@@H](CNCc1cccc(C(F)(F)F)c1)NC(=O)O. The van der Waals surface area contributed by atoms with E-state index in [-0.39, 0.29) is 12.6 Å². The molecule has 4 nitrogen and oxygen atoms in total. The van der Waals surface area contributed by atoms with Gasteiger partial charge < -0.3 is 15.7 Å². The number of alkyl halides is 3. The molecule has 22 heavy (non-hydrogen) atoms. The first-order valence-electron chi connectivity index (χ1n) is 6.68. The zero-order valence-electron chi connectivity index (χ0n) is 12.1. The fourth-order valence-corrected chi connectivity index (χ4v) is 2.43. The van der Waals surface area contributed by atoms with E-state index in [2.05, 4.69) is 10.6 Å². The van der Waals surface area contributed by atoms with Gasteiger partial charge in [0.2, 0.25) is 0 Å². The van der Waals surface area contributed by atoms with Crippen molar-refractivity contribution in [1.29, 1.82) is 0 Å². The number of nitrogens with one attached hydrogen (secondary N) is 2. The number of carbonyl (C=O) groups is 1. The van der Waals surface area contributed by atoms with Gasteiger partial charge in [-0.1, -0.05) is 18.2 Å². The third-order valence-electron chi connectivity index (χ3n) is 2.97. The summed E-state index contributed by atoms with van der Waals surface area (Å²) in [5, 5.41) is 14.1. The van der Waals surface area contributed by atoms with E-state index in [4.69, 9.17) is 5.11 Å². The first kappa shape index (κ1) is 18.6. The molecular formula is C14H19F3N2O2S. The van der Waals surface area contributed by atoms with Gasteiger partial charge in [-0.3, -0.25) is 0 Å². The maximum Gasteiger partial charge on any atom is 0.416 e. The van der Waals surface area contributed by atoms with Crippen LogP contribution in [0.3, 0.4) is 0 Å². The Morgan fingerprint density at radius 1 is 1.41 bits per heavy atom. The molecule has 0 aliphatic carbocycles. The van der Waals surface area contributed by atoms with E-state index >= 15 is 0 Å². The van der Waals surface area contributed by atoms with Crippen LogP contribution >= 0.6 is 11.8 Å². The third kappa shape index (κ3) is 7.04. The Balaban J connectivity index is 2.52. The van der Waals surface area contributed by atoms with Crippen LogP contribution in [0.15, 0.2) is 24.3 Å². The minimum absolute atomic E-state index is 0.251. The number of benzene rings is 1. The van der Waals surface area contributed by atoms with Crippen LogP contribution in [-0.2, 0) is 12.7 Å². The summed E-state index contributed by atoms with van der Waals surface area (Å²) in [6.45, 7) is 0.615. The molecule has 1 amide bonds. The van der Waals surface area contributed by atoms with Crippen LogP contribution in [0.4, 0.5) is 18.0 Å². The molecule has 0 saturated carbocycles. The van der Waals surface area contributed by atoms with Gasteiger partial charge in [0.15, 0.2) is 0 Å². The van der Waals surface area contributed by atoms with Crippen LogP contribution in [0.2, 0.25) is 0 Å². The van der Waals surface area contributed by atoms with Crippen molar-refractivity contribution in [2.75, 3.05) is 18.6 Å². The van der Waals surface area contributed by atoms with E-state index in [1.807, 2.05) is 6.26 Å². The summed E-state index contributed by atoms with van der Waals surface area (Å²) in [6.07, 6.45) is -2.88. The second kappa shape index (κ2) is 8.89. The van der Waals surface area contributed by atoms with Gasteiger partial charge in [0.25, 0.3) is 0 Å². The average Bonchev–Trinajstić information content (AvgIpc) is 2.43. The quantitative estimate of drug-likeness (QED) is 0.682. The van der Waals surface area contributed by atoms with Crippen molar-refractivity contribution in [1.82, 2.24) is 10.6 Å². The lowest BCUT2D eigenvalue weighted by Gasteiger charge is -2.17. The molecular weight excluding hydrogens is 317 g/mol. The number of thioether (sulfide) groups is 1. The second-order valence-corrected chi connectivity index (χ2v) is 5.74. The molecule has 0 heterocycles. The van der Waals surface area contributed by atoms with Gasteiger partial charge in [-0.25, -0.2) is 4.79 Å². The van der Waals surface area contributed by atoms with Gasteiger partial charge >= 0.3 is 12.3 Å². The summed E-state index contributed by atoms with van der Waals surface area (Å²) in [5.41, 5.74) is -0.178. The van der Waals surface area contributed by atoms with Crippen molar-refractivity contribution in [3.63, 3.8) is 0 Å². The van der Waals surface area contributed by atoms with Gasteiger partial charge in [0.05, 0.1) is 5.56 Å². The Hall–Kier alpha value is -1.41. The monoisotopic (exact) mass is 336 g/mol. The molecule has 0 aliphatic heterocycles. The molecule has 1 aromatic carbocycles. The number of amides is 1. The van der Waals surface area contributed by atoms with Crippen LogP contribution in [0.5, 0.6) is 0 Å². The Morgan fingerprint density at radius 3 is 2.73 bits per heavy atom. The number of hydrogen-bond acceptors (Lipinski definition) is 3. The zero-order valence-corrected chi connectivity index (χ0v) is 12.9. The standard InChI is InChI=1S/C14H19F3N2O2S/c1-22-6-5-12(19-13(20)21)9-18-8-10-3-2-4-11(7-10)14(15,16)17/h2-4,7,12,18-19H,5-6,8-9H2,1H3,(H,20,21)/t12-/m0/s1. The van der Waals surface area contributed by atoms with Crippen molar-refractivity contribution in [2.45, 2.75) is 25.2 Å². The molecule has 1 rings (SSSR count). The predicted octanol–water partition coefficient (Wildman–Crippen LogP) is 3.18. The van der Waals surface area contributed by atoms with Crippen molar-refractivity contribution in [3.8, 4) is 0 Å². The number of rotatable bonds is 8. The van der Waals surface area contributed by atoms with Gasteiger partial charge in [-0.15, -0.1) is 0 Å². The van der Waals surface area contributed by atoms with Gasteiger partial charge in [-0.2, -0.15) is 24.9 Å². The molecule has 0 aliphatic rings. The van der Waals surface area contributed by atoms with E-state index in [1.54, 1.807) is 17.8 Å². The van der Waals surface area contributed by atoms with E-state index < -0.39 is 17.8 Å². The molecule has 8 heteroatoms. The summed E-state index contributed by atoms with van der Waals surface area (Å²) in [5.74, 6) is 0.802. The normalized spacial score (nSPS) is 12.9. The molecule has 0 bridgehead atoms. The molecule has 0 fully saturated rings. The first-order chi connectivity index (χ1) is 10.3. The minimum Gasteiger partial charge on any atom is -0.465 e. The smallest absolute Gasteiger partial charge is 0.416 e. The molecule has 1 atom stereocenters. The van der Waals surface area contributed by atoms with E-state index in [0.29, 0.717) is 18.5 Å². The molecule has 0 unspecified atom stereocenters. The van der Waals surface area contributed by atoms with Crippen LogP contribution < -0.4 is 10.6 Å². The lowest BCUT2D eigenvalue weighted by molar-refractivity contribution is -0.137.